The lowest BCUT2D eigenvalue weighted by molar-refractivity contribution is -0.115. The number of methoxy groups -OCH3 is 1. The minimum absolute atomic E-state index is 0.139. The number of hydrogen-bond acceptors (Lipinski definition) is 5. The minimum Gasteiger partial charge on any atom is -0.497 e. The van der Waals surface area contributed by atoms with Gasteiger partial charge >= 0.3 is 5.69 Å². The van der Waals surface area contributed by atoms with E-state index < -0.39 is 0 Å². The zero-order valence-electron chi connectivity index (χ0n) is 12.7. The molecule has 0 saturated carbocycles. The van der Waals surface area contributed by atoms with E-state index in [9.17, 15) is 9.59 Å². The number of aromatic amines is 1. The van der Waals surface area contributed by atoms with E-state index >= 15 is 0 Å². The normalized spacial score (nSPS) is 15.9. The van der Waals surface area contributed by atoms with Crippen LogP contribution in [-0.2, 0) is 17.6 Å². The number of nitrogens with one attached hydrogen (secondary N) is 2. The highest BCUT2D eigenvalue weighted by Crippen LogP contribution is 2.39. The highest BCUT2D eigenvalue weighted by atomic mass is 16.5. The van der Waals surface area contributed by atoms with E-state index in [2.05, 4.69) is 15.3 Å². The molecule has 1 aromatic carbocycles. The number of fused-ring (bicyclic) bond motifs is 2. The van der Waals surface area contributed by atoms with Crippen molar-refractivity contribution in [2.45, 2.75) is 19.3 Å². The first-order valence-electron chi connectivity index (χ1n) is 7.53. The van der Waals surface area contributed by atoms with Crippen LogP contribution in [-0.4, -0.2) is 29.5 Å². The van der Waals surface area contributed by atoms with Crippen LogP contribution in [0.2, 0.25) is 0 Å². The molecule has 0 bridgehead atoms. The van der Waals surface area contributed by atoms with Crippen LogP contribution in [0.1, 0.15) is 17.7 Å². The molecular formula is C16H16N4O3. The molecule has 2 heterocycles. The molecule has 118 valence electrons. The molecule has 1 aliphatic heterocycles. The second-order valence-corrected chi connectivity index (χ2v) is 5.69. The van der Waals surface area contributed by atoms with Crippen LogP contribution in [0.4, 0.5) is 17.2 Å². The molecule has 0 unspecified atom stereocenters. The zero-order valence-corrected chi connectivity index (χ0v) is 12.7. The van der Waals surface area contributed by atoms with Crippen LogP contribution in [0.15, 0.2) is 23.0 Å². The molecule has 4 rings (SSSR count). The average molecular weight is 312 g/mol. The number of carbonyl (C=O) groups is 1. The zero-order chi connectivity index (χ0) is 16.0. The number of H-pyrrole nitrogens is 1. The van der Waals surface area contributed by atoms with E-state index in [0.29, 0.717) is 17.3 Å². The second-order valence-electron chi connectivity index (χ2n) is 5.69. The van der Waals surface area contributed by atoms with E-state index in [0.717, 1.165) is 36.2 Å². The van der Waals surface area contributed by atoms with Gasteiger partial charge in [-0.25, -0.2) is 4.79 Å². The van der Waals surface area contributed by atoms with Gasteiger partial charge in [-0.05, 0) is 31.4 Å². The van der Waals surface area contributed by atoms with Gasteiger partial charge in [0, 0.05) is 17.3 Å². The van der Waals surface area contributed by atoms with Crippen molar-refractivity contribution >= 4 is 23.1 Å². The summed E-state index contributed by atoms with van der Waals surface area (Å²) in [6.07, 6.45) is 2.69. The molecule has 1 amide bonds. The summed E-state index contributed by atoms with van der Waals surface area (Å²) in [7, 11) is 1.58. The Morgan fingerprint density at radius 2 is 2.13 bits per heavy atom. The lowest BCUT2D eigenvalue weighted by Crippen LogP contribution is -2.37. The summed E-state index contributed by atoms with van der Waals surface area (Å²) in [4.78, 5) is 32.7. The Bertz CT molecular complexity index is 859. The largest absolute Gasteiger partial charge is 0.497 e. The maximum atomic E-state index is 12.1. The number of anilines is 3. The van der Waals surface area contributed by atoms with Gasteiger partial charge in [0.25, 0.3) is 0 Å². The summed E-state index contributed by atoms with van der Waals surface area (Å²) < 4.78 is 5.21. The predicted octanol–water partition coefficient (Wildman–Crippen LogP) is 1.36. The Labute approximate surface area is 132 Å². The maximum absolute atomic E-state index is 12.1. The van der Waals surface area contributed by atoms with Gasteiger partial charge in [-0.1, -0.05) is 0 Å². The van der Waals surface area contributed by atoms with E-state index in [1.165, 1.54) is 0 Å². The lowest BCUT2D eigenvalue weighted by atomic mass is 10.1. The molecule has 0 fully saturated rings. The highest BCUT2D eigenvalue weighted by Gasteiger charge is 2.29. The molecule has 2 N–H and O–H groups in total. The Hall–Kier alpha value is -2.83. The van der Waals surface area contributed by atoms with Crippen molar-refractivity contribution in [3.05, 3.63) is 39.9 Å². The first-order chi connectivity index (χ1) is 11.2. The van der Waals surface area contributed by atoms with Crippen molar-refractivity contribution in [2.24, 2.45) is 0 Å². The van der Waals surface area contributed by atoms with E-state index in [1.54, 1.807) is 13.2 Å². The van der Waals surface area contributed by atoms with Gasteiger partial charge in [-0.3, -0.25) is 4.79 Å². The van der Waals surface area contributed by atoms with Crippen molar-refractivity contribution in [1.29, 1.82) is 0 Å². The lowest BCUT2D eigenvalue weighted by Gasteiger charge is -2.31. The Morgan fingerprint density at radius 1 is 1.26 bits per heavy atom. The Kier molecular flexibility index (Phi) is 3.07. The standard InChI is InChI=1S/C16H16N4O3/c1-23-9-5-6-13-12(7-9)17-14(21)8-20(13)15-10-3-2-4-11(10)18-16(22)19-15/h5-7H,2-4,8H2,1H3,(H,17,21)(H,18,19,22). The van der Waals surface area contributed by atoms with Crippen LogP contribution < -0.4 is 20.6 Å². The first kappa shape index (κ1) is 13.8. The number of amides is 1. The van der Waals surface area contributed by atoms with Gasteiger partial charge in [0.15, 0.2) is 0 Å². The summed E-state index contributed by atoms with van der Waals surface area (Å²) >= 11 is 0. The smallest absolute Gasteiger partial charge is 0.347 e. The fraction of sp³-hybridized carbons (Fsp3) is 0.312. The fourth-order valence-corrected chi connectivity index (χ4v) is 3.26. The predicted molar refractivity (Wildman–Crippen MR) is 85.5 cm³/mol. The van der Waals surface area contributed by atoms with Gasteiger partial charge in [-0.15, -0.1) is 0 Å². The molecule has 0 spiro atoms. The van der Waals surface area contributed by atoms with Crippen LogP contribution in [0, 0.1) is 0 Å². The molecule has 7 heteroatoms. The van der Waals surface area contributed by atoms with Crippen molar-refractivity contribution in [1.82, 2.24) is 9.97 Å². The number of rotatable bonds is 2. The van der Waals surface area contributed by atoms with Gasteiger partial charge in [0.05, 0.1) is 18.5 Å². The monoisotopic (exact) mass is 312 g/mol. The molecule has 2 aliphatic rings. The molecule has 7 nitrogen and oxygen atoms in total. The molecule has 23 heavy (non-hydrogen) atoms. The molecule has 0 atom stereocenters. The molecular weight excluding hydrogens is 296 g/mol. The third-order valence-electron chi connectivity index (χ3n) is 4.28. The number of ether oxygens (including phenoxy) is 1. The molecule has 2 aromatic rings. The Morgan fingerprint density at radius 3 is 2.96 bits per heavy atom. The summed E-state index contributed by atoms with van der Waals surface area (Å²) in [6.45, 7) is 0.141. The topological polar surface area (TPSA) is 87.3 Å². The molecule has 0 radical (unpaired) electrons. The van der Waals surface area contributed by atoms with Crippen LogP contribution >= 0.6 is 0 Å². The van der Waals surface area contributed by atoms with Crippen molar-refractivity contribution < 1.29 is 9.53 Å². The SMILES string of the molecule is COc1ccc2c(c1)NC(=O)CN2c1nc(=O)[nH]c2c1CCC2. The molecule has 0 saturated heterocycles. The summed E-state index contributed by atoms with van der Waals surface area (Å²) in [6, 6.07) is 5.47. The number of aryl methyl sites for hydroxylation is 1. The van der Waals surface area contributed by atoms with Crippen LogP contribution in [0.5, 0.6) is 5.75 Å². The van der Waals surface area contributed by atoms with Gasteiger partial charge in [0.1, 0.15) is 18.1 Å². The van der Waals surface area contributed by atoms with Crippen molar-refractivity contribution in [3.63, 3.8) is 0 Å². The number of hydrogen-bond donors (Lipinski definition) is 2. The fourth-order valence-electron chi connectivity index (χ4n) is 3.26. The number of nitrogens with zero attached hydrogens (tertiary/aromatic N) is 2. The van der Waals surface area contributed by atoms with Gasteiger partial charge in [0.2, 0.25) is 5.91 Å². The van der Waals surface area contributed by atoms with E-state index in [-0.39, 0.29) is 18.1 Å². The third kappa shape index (κ3) is 2.25. The molecule has 1 aliphatic carbocycles. The quantitative estimate of drug-likeness (QED) is 0.874. The van der Waals surface area contributed by atoms with Gasteiger partial charge in [-0.2, -0.15) is 4.98 Å². The first-order valence-corrected chi connectivity index (χ1v) is 7.53. The Balaban J connectivity index is 1.88. The van der Waals surface area contributed by atoms with Crippen LogP contribution in [0.3, 0.4) is 0 Å². The van der Waals surface area contributed by atoms with Crippen molar-refractivity contribution in [3.8, 4) is 5.75 Å². The number of aromatic nitrogens is 2. The van der Waals surface area contributed by atoms with Gasteiger partial charge < -0.3 is 19.9 Å². The number of carbonyl (C=O) groups excluding carboxylic acids is 1. The van der Waals surface area contributed by atoms with E-state index in [1.807, 2.05) is 17.0 Å². The highest BCUT2D eigenvalue weighted by molar-refractivity contribution is 6.03. The summed E-state index contributed by atoms with van der Waals surface area (Å²) in [5.41, 5.74) is 3.07. The molecule has 1 aromatic heterocycles. The summed E-state index contributed by atoms with van der Waals surface area (Å²) in [5.74, 6) is 1.11. The summed E-state index contributed by atoms with van der Waals surface area (Å²) in [5, 5.41) is 2.84. The van der Waals surface area contributed by atoms with Crippen LogP contribution in [0.25, 0.3) is 0 Å². The minimum atomic E-state index is -0.373. The second kappa shape index (κ2) is 5.12. The average Bonchev–Trinajstić information content (AvgIpc) is 3.00. The van der Waals surface area contributed by atoms with E-state index in [4.69, 9.17) is 4.74 Å². The van der Waals surface area contributed by atoms with Crippen molar-refractivity contribution in [2.75, 3.05) is 23.9 Å². The number of benzene rings is 1. The third-order valence-corrected chi connectivity index (χ3v) is 4.28. The maximum Gasteiger partial charge on any atom is 0.347 e.